The Morgan fingerprint density at radius 2 is 2.13 bits per heavy atom. The van der Waals surface area contributed by atoms with Crippen molar-refractivity contribution < 1.29 is 14.7 Å². The molecular weight excluding hydrogens is 196 g/mol. The average molecular weight is 214 g/mol. The number of amides is 2. The van der Waals surface area contributed by atoms with Crippen molar-refractivity contribution in [3.8, 4) is 0 Å². The summed E-state index contributed by atoms with van der Waals surface area (Å²) in [4.78, 5) is 23.7. The zero-order valence-electron chi connectivity index (χ0n) is 9.19. The van der Waals surface area contributed by atoms with Gasteiger partial charge in [0.25, 0.3) is 0 Å². The topological polar surface area (TPSA) is 69.6 Å². The third-order valence-electron chi connectivity index (χ3n) is 2.02. The van der Waals surface area contributed by atoms with Gasteiger partial charge in [-0.15, -0.1) is 6.58 Å². The molecule has 0 fully saturated rings. The summed E-state index contributed by atoms with van der Waals surface area (Å²) in [5, 5.41) is 11.2. The zero-order valence-corrected chi connectivity index (χ0v) is 9.19. The second-order valence-electron chi connectivity index (χ2n) is 3.08. The van der Waals surface area contributed by atoms with Crippen LogP contribution in [-0.2, 0) is 4.79 Å². The first-order valence-corrected chi connectivity index (χ1v) is 4.95. The normalized spacial score (nSPS) is 11.6. The van der Waals surface area contributed by atoms with Crippen LogP contribution in [0.15, 0.2) is 12.7 Å². The van der Waals surface area contributed by atoms with Gasteiger partial charge in [0.1, 0.15) is 6.04 Å². The molecule has 0 heterocycles. The first kappa shape index (κ1) is 13.5. The molecule has 2 N–H and O–H groups in total. The summed E-state index contributed by atoms with van der Waals surface area (Å²) >= 11 is 0. The lowest BCUT2D eigenvalue weighted by molar-refractivity contribution is -0.139. The van der Waals surface area contributed by atoms with Crippen molar-refractivity contribution in [2.45, 2.75) is 26.3 Å². The van der Waals surface area contributed by atoms with Gasteiger partial charge in [0.05, 0.1) is 0 Å². The van der Waals surface area contributed by atoms with Gasteiger partial charge in [0.2, 0.25) is 0 Å². The Bertz CT molecular complexity index is 241. The molecule has 0 aromatic heterocycles. The van der Waals surface area contributed by atoms with Gasteiger partial charge < -0.3 is 15.3 Å². The summed E-state index contributed by atoms with van der Waals surface area (Å²) in [5.74, 6) is -1.01. The molecule has 0 aliphatic carbocycles. The molecule has 0 aliphatic heterocycles. The Labute approximate surface area is 89.8 Å². The third kappa shape index (κ3) is 4.49. The van der Waals surface area contributed by atoms with Gasteiger partial charge in [0.15, 0.2) is 0 Å². The molecule has 86 valence electrons. The van der Waals surface area contributed by atoms with Crippen LogP contribution >= 0.6 is 0 Å². The first-order valence-electron chi connectivity index (χ1n) is 4.95. The number of aliphatic carboxylic acids is 1. The number of rotatable bonds is 6. The van der Waals surface area contributed by atoms with Crippen LogP contribution in [0.5, 0.6) is 0 Å². The molecule has 15 heavy (non-hydrogen) atoms. The second kappa shape index (κ2) is 6.86. The van der Waals surface area contributed by atoms with Gasteiger partial charge in [-0.1, -0.05) is 13.0 Å². The van der Waals surface area contributed by atoms with Crippen LogP contribution in [0.1, 0.15) is 20.3 Å². The molecule has 0 aromatic carbocycles. The van der Waals surface area contributed by atoms with Crippen LogP contribution in [-0.4, -0.2) is 41.1 Å². The fourth-order valence-electron chi connectivity index (χ4n) is 1.09. The van der Waals surface area contributed by atoms with Crippen LogP contribution < -0.4 is 5.32 Å². The highest BCUT2D eigenvalue weighted by Crippen LogP contribution is 1.95. The number of urea groups is 1. The summed E-state index contributed by atoms with van der Waals surface area (Å²) < 4.78 is 0. The van der Waals surface area contributed by atoms with E-state index in [1.807, 2.05) is 6.92 Å². The number of hydrogen-bond donors (Lipinski definition) is 2. The van der Waals surface area contributed by atoms with Crippen LogP contribution in [0.2, 0.25) is 0 Å². The van der Waals surface area contributed by atoms with Gasteiger partial charge in [-0.2, -0.15) is 0 Å². The Kier molecular flexibility index (Phi) is 6.17. The van der Waals surface area contributed by atoms with E-state index < -0.39 is 12.0 Å². The highest BCUT2D eigenvalue weighted by molar-refractivity contribution is 5.82. The Morgan fingerprint density at radius 3 is 2.47 bits per heavy atom. The van der Waals surface area contributed by atoms with Crippen molar-refractivity contribution >= 4 is 12.0 Å². The summed E-state index contributed by atoms with van der Waals surface area (Å²) in [7, 11) is 0. The molecule has 5 heteroatoms. The summed E-state index contributed by atoms with van der Waals surface area (Å²) in [6, 6.07) is -1.19. The molecule has 0 radical (unpaired) electrons. The van der Waals surface area contributed by atoms with E-state index in [9.17, 15) is 9.59 Å². The minimum absolute atomic E-state index is 0.368. The van der Waals surface area contributed by atoms with E-state index in [0.717, 1.165) is 0 Å². The molecule has 2 amide bonds. The molecule has 1 unspecified atom stereocenters. The molecular formula is C10H18N2O3. The van der Waals surface area contributed by atoms with Gasteiger partial charge in [-0.05, 0) is 13.3 Å². The number of carbonyl (C=O) groups excluding carboxylic acids is 1. The van der Waals surface area contributed by atoms with Crippen LogP contribution in [0, 0.1) is 0 Å². The fourth-order valence-corrected chi connectivity index (χ4v) is 1.09. The lowest BCUT2D eigenvalue weighted by Crippen LogP contribution is -2.47. The Hall–Kier alpha value is -1.52. The fraction of sp³-hybridized carbons (Fsp3) is 0.600. The molecule has 0 spiro atoms. The Morgan fingerprint density at radius 1 is 1.53 bits per heavy atom. The summed E-state index contributed by atoms with van der Waals surface area (Å²) in [5.41, 5.74) is 0. The van der Waals surface area contributed by atoms with Gasteiger partial charge >= 0.3 is 12.0 Å². The third-order valence-corrected chi connectivity index (χ3v) is 2.02. The molecule has 0 saturated carbocycles. The van der Waals surface area contributed by atoms with E-state index >= 15 is 0 Å². The standard InChI is InChI=1S/C10H18N2O3/c1-4-7-12(6-3)10(15)11-8(5-2)9(13)14/h4,8H,1,5-7H2,2-3H3,(H,11,15)(H,13,14). The second-order valence-corrected chi connectivity index (χ2v) is 3.08. The maximum absolute atomic E-state index is 11.5. The highest BCUT2D eigenvalue weighted by Gasteiger charge is 2.19. The maximum atomic E-state index is 11.5. The minimum Gasteiger partial charge on any atom is -0.480 e. The maximum Gasteiger partial charge on any atom is 0.326 e. The quantitative estimate of drug-likeness (QED) is 0.650. The molecule has 0 saturated heterocycles. The lowest BCUT2D eigenvalue weighted by Gasteiger charge is -2.22. The van der Waals surface area contributed by atoms with Crippen molar-refractivity contribution in [2.75, 3.05) is 13.1 Å². The molecule has 0 aromatic rings. The van der Waals surface area contributed by atoms with Crippen molar-refractivity contribution in [1.82, 2.24) is 10.2 Å². The SMILES string of the molecule is C=CCN(CC)C(=O)NC(CC)C(=O)O. The van der Waals surface area contributed by atoms with Crippen molar-refractivity contribution in [3.05, 3.63) is 12.7 Å². The zero-order chi connectivity index (χ0) is 11.8. The van der Waals surface area contributed by atoms with Gasteiger partial charge in [0, 0.05) is 13.1 Å². The van der Waals surface area contributed by atoms with E-state index in [1.54, 1.807) is 13.0 Å². The van der Waals surface area contributed by atoms with Gasteiger partial charge in [-0.25, -0.2) is 9.59 Å². The van der Waals surface area contributed by atoms with E-state index in [1.165, 1.54) is 4.90 Å². The number of nitrogens with one attached hydrogen (secondary N) is 1. The number of carboxylic acid groups (broad SMARTS) is 1. The number of hydrogen-bond acceptors (Lipinski definition) is 2. The number of nitrogens with zero attached hydrogens (tertiary/aromatic N) is 1. The average Bonchev–Trinajstić information content (AvgIpc) is 2.21. The van der Waals surface area contributed by atoms with E-state index in [0.29, 0.717) is 19.5 Å². The van der Waals surface area contributed by atoms with Crippen LogP contribution in [0.25, 0.3) is 0 Å². The number of likely N-dealkylation sites (N-methyl/N-ethyl adjacent to an activating group) is 1. The highest BCUT2D eigenvalue weighted by atomic mass is 16.4. The van der Waals surface area contributed by atoms with Gasteiger partial charge in [-0.3, -0.25) is 0 Å². The Balaban J connectivity index is 4.30. The molecule has 0 bridgehead atoms. The molecule has 0 aliphatic rings. The van der Waals surface area contributed by atoms with Crippen LogP contribution in [0.4, 0.5) is 4.79 Å². The summed E-state index contributed by atoms with van der Waals surface area (Å²) in [6.45, 7) is 8.00. The van der Waals surface area contributed by atoms with Crippen molar-refractivity contribution in [1.29, 1.82) is 0 Å². The molecule has 1 atom stereocenters. The summed E-state index contributed by atoms with van der Waals surface area (Å²) in [6.07, 6.45) is 1.97. The minimum atomic E-state index is -1.01. The predicted molar refractivity (Wildman–Crippen MR) is 57.7 cm³/mol. The smallest absolute Gasteiger partial charge is 0.326 e. The number of carboxylic acids is 1. The van der Waals surface area contributed by atoms with E-state index in [2.05, 4.69) is 11.9 Å². The van der Waals surface area contributed by atoms with E-state index in [-0.39, 0.29) is 6.03 Å². The lowest BCUT2D eigenvalue weighted by atomic mass is 10.2. The van der Waals surface area contributed by atoms with Crippen LogP contribution in [0.3, 0.4) is 0 Å². The molecule has 0 rings (SSSR count). The molecule has 5 nitrogen and oxygen atoms in total. The largest absolute Gasteiger partial charge is 0.480 e. The number of carbonyl (C=O) groups is 2. The van der Waals surface area contributed by atoms with E-state index in [4.69, 9.17) is 5.11 Å². The van der Waals surface area contributed by atoms with Crippen molar-refractivity contribution in [3.63, 3.8) is 0 Å². The van der Waals surface area contributed by atoms with Crippen molar-refractivity contribution in [2.24, 2.45) is 0 Å². The first-order chi connectivity index (χ1) is 7.06. The predicted octanol–water partition coefficient (Wildman–Crippen LogP) is 1.07. The monoisotopic (exact) mass is 214 g/mol.